The van der Waals surface area contributed by atoms with Crippen LogP contribution in [0.25, 0.3) is 11.4 Å². The van der Waals surface area contributed by atoms with E-state index in [-0.39, 0.29) is 0 Å². The number of imidazole rings is 1. The number of aryl methyl sites for hydroxylation is 1. The maximum atomic E-state index is 5.89. The Bertz CT molecular complexity index is 595. The van der Waals surface area contributed by atoms with E-state index in [0.717, 1.165) is 34.6 Å². The van der Waals surface area contributed by atoms with E-state index >= 15 is 0 Å². The lowest BCUT2D eigenvalue weighted by Gasteiger charge is -2.10. The average Bonchev–Trinajstić information content (AvgIpc) is 2.97. The van der Waals surface area contributed by atoms with Gasteiger partial charge in [0.25, 0.3) is 0 Å². The predicted octanol–water partition coefficient (Wildman–Crippen LogP) is 5.98. The van der Waals surface area contributed by atoms with Crippen LogP contribution in [0, 0.1) is 0 Å². The number of rotatable bonds is 10. The fraction of sp³-hybridized carbons (Fsp3) is 0.526. The molecule has 0 saturated carbocycles. The predicted molar refractivity (Wildman–Crippen MR) is 99.8 cm³/mol. The topological polar surface area (TPSA) is 27.1 Å². The van der Waals surface area contributed by atoms with Crippen LogP contribution >= 0.6 is 15.9 Å². The Morgan fingerprint density at radius 2 is 1.83 bits per heavy atom. The first-order valence-corrected chi connectivity index (χ1v) is 9.41. The van der Waals surface area contributed by atoms with Crippen molar-refractivity contribution in [2.45, 2.75) is 51.9 Å². The molecule has 3 nitrogen and oxygen atoms in total. The van der Waals surface area contributed by atoms with Crippen molar-refractivity contribution in [2.24, 2.45) is 7.05 Å². The molecule has 0 aliphatic rings. The molecule has 0 amide bonds. The van der Waals surface area contributed by atoms with Crippen LogP contribution in [0.1, 0.15) is 51.9 Å². The lowest BCUT2D eigenvalue weighted by atomic mass is 10.1. The highest BCUT2D eigenvalue weighted by Gasteiger charge is 2.07. The summed E-state index contributed by atoms with van der Waals surface area (Å²) in [6.07, 6.45) is 12.9. The summed E-state index contributed by atoms with van der Waals surface area (Å²) in [5.41, 5.74) is 1.09. The van der Waals surface area contributed by atoms with Gasteiger partial charge in [-0.05, 0) is 40.5 Å². The lowest BCUT2D eigenvalue weighted by molar-refractivity contribution is 0.302. The fourth-order valence-electron chi connectivity index (χ4n) is 2.64. The van der Waals surface area contributed by atoms with Gasteiger partial charge in [-0.25, -0.2) is 4.98 Å². The van der Waals surface area contributed by atoms with Gasteiger partial charge < -0.3 is 9.30 Å². The van der Waals surface area contributed by atoms with E-state index in [0.29, 0.717) is 0 Å². The SMILES string of the molecule is CCCCCCCCCOc1ccc(-c2nccn2C)cc1Br. The summed E-state index contributed by atoms with van der Waals surface area (Å²) < 4.78 is 8.89. The average molecular weight is 379 g/mol. The van der Waals surface area contributed by atoms with Gasteiger partial charge in [0.1, 0.15) is 11.6 Å². The van der Waals surface area contributed by atoms with Crippen LogP contribution in [0.5, 0.6) is 5.75 Å². The first-order valence-electron chi connectivity index (χ1n) is 8.62. The molecule has 2 rings (SSSR count). The minimum atomic E-state index is 0.786. The van der Waals surface area contributed by atoms with E-state index in [9.17, 15) is 0 Å². The Kier molecular flexibility index (Phi) is 7.66. The van der Waals surface area contributed by atoms with Crippen molar-refractivity contribution in [3.63, 3.8) is 0 Å². The number of halogens is 1. The van der Waals surface area contributed by atoms with Crippen molar-refractivity contribution in [3.8, 4) is 17.1 Å². The highest BCUT2D eigenvalue weighted by Crippen LogP contribution is 2.30. The third-order valence-electron chi connectivity index (χ3n) is 4.02. The fourth-order valence-corrected chi connectivity index (χ4v) is 3.14. The number of benzene rings is 1. The van der Waals surface area contributed by atoms with Crippen LogP contribution in [0.4, 0.5) is 0 Å². The van der Waals surface area contributed by atoms with E-state index in [1.54, 1.807) is 0 Å². The lowest BCUT2D eigenvalue weighted by Crippen LogP contribution is -1.98. The van der Waals surface area contributed by atoms with Crippen LogP contribution in [0.3, 0.4) is 0 Å². The van der Waals surface area contributed by atoms with Gasteiger partial charge in [0.05, 0.1) is 11.1 Å². The standard InChI is InChI=1S/C19H27BrN2O/c1-3-4-5-6-7-8-9-14-23-18-11-10-16(15-17(18)20)19-21-12-13-22(19)2/h10-13,15H,3-9,14H2,1-2H3. The van der Waals surface area contributed by atoms with Gasteiger partial charge >= 0.3 is 0 Å². The minimum Gasteiger partial charge on any atom is -0.492 e. The summed E-state index contributed by atoms with van der Waals surface area (Å²) in [6.45, 7) is 3.04. The van der Waals surface area contributed by atoms with Crippen LogP contribution < -0.4 is 4.74 Å². The summed E-state index contributed by atoms with van der Waals surface area (Å²) in [7, 11) is 2.00. The Hall–Kier alpha value is -1.29. The third kappa shape index (κ3) is 5.69. The zero-order chi connectivity index (χ0) is 16.5. The molecule has 2 aromatic rings. The first-order chi connectivity index (χ1) is 11.2. The molecule has 0 radical (unpaired) electrons. The number of nitrogens with zero attached hydrogens (tertiary/aromatic N) is 2. The van der Waals surface area contributed by atoms with Crippen LogP contribution in [0.15, 0.2) is 35.1 Å². The molecule has 0 N–H and O–H groups in total. The molecule has 1 aromatic carbocycles. The van der Waals surface area contributed by atoms with Crippen LogP contribution in [-0.2, 0) is 7.05 Å². The van der Waals surface area contributed by atoms with Crippen LogP contribution in [-0.4, -0.2) is 16.2 Å². The van der Waals surface area contributed by atoms with E-state index in [1.807, 2.05) is 30.1 Å². The monoisotopic (exact) mass is 378 g/mol. The second-order valence-electron chi connectivity index (χ2n) is 5.98. The molecule has 0 atom stereocenters. The van der Waals surface area contributed by atoms with Gasteiger partial charge in [0.15, 0.2) is 0 Å². The van der Waals surface area contributed by atoms with Crippen molar-refractivity contribution < 1.29 is 4.74 Å². The van der Waals surface area contributed by atoms with E-state index < -0.39 is 0 Å². The van der Waals surface area contributed by atoms with E-state index in [1.165, 1.54) is 38.5 Å². The summed E-state index contributed by atoms with van der Waals surface area (Å²) in [5, 5.41) is 0. The molecule has 23 heavy (non-hydrogen) atoms. The maximum Gasteiger partial charge on any atom is 0.139 e. The molecule has 126 valence electrons. The number of aromatic nitrogens is 2. The van der Waals surface area contributed by atoms with Crippen molar-refractivity contribution in [1.29, 1.82) is 0 Å². The summed E-state index contributed by atoms with van der Waals surface area (Å²) in [4.78, 5) is 4.38. The quantitative estimate of drug-likeness (QED) is 0.475. The van der Waals surface area contributed by atoms with Gasteiger partial charge in [-0.2, -0.15) is 0 Å². The molecule has 1 heterocycles. The molecule has 0 spiro atoms. The third-order valence-corrected chi connectivity index (χ3v) is 4.64. The van der Waals surface area contributed by atoms with Crippen molar-refractivity contribution in [3.05, 3.63) is 35.1 Å². The number of hydrogen-bond donors (Lipinski definition) is 0. The van der Waals surface area contributed by atoms with Crippen LogP contribution in [0.2, 0.25) is 0 Å². The van der Waals surface area contributed by atoms with Crippen molar-refractivity contribution >= 4 is 15.9 Å². The Morgan fingerprint density at radius 1 is 1.09 bits per heavy atom. The molecule has 0 fully saturated rings. The smallest absolute Gasteiger partial charge is 0.139 e. The molecule has 0 bridgehead atoms. The molecule has 0 aliphatic carbocycles. The van der Waals surface area contributed by atoms with Crippen molar-refractivity contribution in [1.82, 2.24) is 9.55 Å². The largest absolute Gasteiger partial charge is 0.492 e. The molecule has 0 saturated heterocycles. The zero-order valence-corrected chi connectivity index (χ0v) is 15.8. The second kappa shape index (κ2) is 9.76. The highest BCUT2D eigenvalue weighted by atomic mass is 79.9. The summed E-state index contributed by atoms with van der Waals surface area (Å²) >= 11 is 3.61. The summed E-state index contributed by atoms with van der Waals surface area (Å²) in [5.74, 6) is 1.87. The Morgan fingerprint density at radius 3 is 2.48 bits per heavy atom. The number of ether oxygens (including phenoxy) is 1. The van der Waals surface area contributed by atoms with Gasteiger partial charge in [-0.1, -0.05) is 45.4 Å². The second-order valence-corrected chi connectivity index (χ2v) is 6.83. The van der Waals surface area contributed by atoms with Gasteiger partial charge in [0.2, 0.25) is 0 Å². The normalized spacial score (nSPS) is 10.9. The number of hydrogen-bond acceptors (Lipinski definition) is 2. The van der Waals surface area contributed by atoms with E-state index in [2.05, 4.69) is 40.0 Å². The van der Waals surface area contributed by atoms with Gasteiger partial charge in [0, 0.05) is 25.0 Å². The van der Waals surface area contributed by atoms with Crippen molar-refractivity contribution in [2.75, 3.05) is 6.61 Å². The molecule has 4 heteroatoms. The Labute approximate surface area is 148 Å². The molecule has 0 unspecified atom stereocenters. The maximum absolute atomic E-state index is 5.89. The van der Waals surface area contributed by atoms with Gasteiger partial charge in [-0.3, -0.25) is 0 Å². The Balaban J connectivity index is 1.75. The highest BCUT2D eigenvalue weighted by molar-refractivity contribution is 9.10. The molecular weight excluding hydrogens is 352 g/mol. The van der Waals surface area contributed by atoms with Gasteiger partial charge in [-0.15, -0.1) is 0 Å². The summed E-state index contributed by atoms with van der Waals surface area (Å²) in [6, 6.07) is 6.16. The number of unbranched alkanes of at least 4 members (excludes halogenated alkanes) is 6. The zero-order valence-electron chi connectivity index (χ0n) is 14.2. The minimum absolute atomic E-state index is 0.786. The first kappa shape index (κ1) is 18.1. The molecular formula is C19H27BrN2O. The molecule has 1 aromatic heterocycles. The van der Waals surface area contributed by atoms with E-state index in [4.69, 9.17) is 4.74 Å². The molecule has 0 aliphatic heterocycles.